The van der Waals surface area contributed by atoms with E-state index in [2.05, 4.69) is 6.07 Å². The molecule has 4 aromatic rings. The number of hydrogen-bond acceptors (Lipinski definition) is 8. The molecule has 52 heavy (non-hydrogen) atoms. The van der Waals surface area contributed by atoms with Gasteiger partial charge in [0.2, 0.25) is 0 Å². The number of allylic oxidation sites excluding steroid dienone is 5. The molecule has 1 aliphatic carbocycles. The summed E-state index contributed by atoms with van der Waals surface area (Å²) in [4.78, 5) is 12.5. The fourth-order valence-corrected chi connectivity index (χ4v) is 7.75. The average molecular weight is 770 g/mol. The second kappa shape index (κ2) is 17.3. The maximum absolute atomic E-state index is 12.6. The number of nitrogens with zero attached hydrogens (tertiary/aromatic N) is 3. The van der Waals surface area contributed by atoms with E-state index in [1.54, 1.807) is 60.4 Å². The molecule has 0 radical (unpaired) electrons. The summed E-state index contributed by atoms with van der Waals surface area (Å²) < 4.78 is 72.2. The average Bonchev–Trinajstić information content (AvgIpc) is 3.10. The van der Waals surface area contributed by atoms with Crippen LogP contribution in [0.5, 0.6) is 0 Å². The number of anilines is 1. The summed E-state index contributed by atoms with van der Waals surface area (Å²) in [5.74, 6) is 0. The molecule has 15 heteroatoms. The number of hydrogen-bond donors (Lipinski definition) is 1. The predicted octanol–water partition coefficient (Wildman–Crippen LogP) is 3.97. The van der Waals surface area contributed by atoms with Crippen molar-refractivity contribution in [1.82, 2.24) is 0 Å². The van der Waals surface area contributed by atoms with Gasteiger partial charge in [-0.25, -0.2) is 13.0 Å². The van der Waals surface area contributed by atoms with Crippen LogP contribution >= 0.6 is 11.6 Å². The number of non-ortho nitro benzene ring substituents is 1. The SMILES string of the molecule is CCN(c1ccc(C(=C2C=CC(=[N+](CC)Cc3cccc(S(=O)(=O)[O-])c3)C=C2)c2cc([N+](=O)[O-])ccc2Cl)cc1)C(c1c[c-]ccc1)S(=O)(=O)O.[Na+]. The Labute approximate surface area is 330 Å². The van der Waals surface area contributed by atoms with Crippen LogP contribution in [0.1, 0.15) is 41.5 Å². The summed E-state index contributed by atoms with van der Waals surface area (Å²) in [6.07, 6.45) is 7.40. The van der Waals surface area contributed by atoms with Gasteiger partial charge in [-0.1, -0.05) is 35.9 Å². The van der Waals surface area contributed by atoms with Gasteiger partial charge in [0.15, 0.2) is 12.3 Å². The van der Waals surface area contributed by atoms with Crippen molar-refractivity contribution in [3.63, 3.8) is 0 Å². The molecule has 0 spiro atoms. The Bertz CT molecular complexity index is 2290. The Morgan fingerprint density at radius 3 is 2.19 bits per heavy atom. The van der Waals surface area contributed by atoms with Gasteiger partial charge in [0.25, 0.3) is 15.8 Å². The summed E-state index contributed by atoms with van der Waals surface area (Å²) in [7, 11) is -9.19. The molecular formula is C37H33ClN3NaO8S2. The Kier molecular flexibility index (Phi) is 13.6. The number of nitro benzene ring substituents is 1. The second-order valence-corrected chi connectivity index (χ2v) is 14.8. The number of halogens is 1. The van der Waals surface area contributed by atoms with Crippen LogP contribution in [0.15, 0.2) is 126 Å². The van der Waals surface area contributed by atoms with Crippen molar-refractivity contribution in [2.24, 2.45) is 0 Å². The molecule has 264 valence electrons. The molecule has 0 heterocycles. The van der Waals surface area contributed by atoms with Crippen LogP contribution in [-0.2, 0) is 26.8 Å². The summed E-state index contributed by atoms with van der Waals surface area (Å²) in [6.45, 7) is 4.82. The number of rotatable bonds is 12. The molecule has 1 unspecified atom stereocenters. The van der Waals surface area contributed by atoms with Crippen LogP contribution in [0.4, 0.5) is 11.4 Å². The Morgan fingerprint density at radius 1 is 0.942 bits per heavy atom. The van der Waals surface area contributed by atoms with E-state index >= 15 is 0 Å². The van der Waals surface area contributed by atoms with E-state index in [1.165, 1.54) is 42.5 Å². The Morgan fingerprint density at radius 2 is 1.63 bits per heavy atom. The van der Waals surface area contributed by atoms with Crippen LogP contribution in [0, 0.1) is 16.2 Å². The second-order valence-electron chi connectivity index (χ2n) is 11.5. The number of benzene rings is 4. The van der Waals surface area contributed by atoms with Gasteiger partial charge < -0.3 is 9.45 Å². The first-order chi connectivity index (χ1) is 24.2. The third kappa shape index (κ3) is 9.54. The van der Waals surface area contributed by atoms with Crippen LogP contribution < -0.4 is 34.5 Å². The third-order valence-electron chi connectivity index (χ3n) is 8.30. The number of nitro groups is 1. The first kappa shape index (κ1) is 40.8. The zero-order valence-electron chi connectivity index (χ0n) is 28.5. The molecular weight excluding hydrogens is 737 g/mol. The van der Waals surface area contributed by atoms with Gasteiger partial charge in [0, 0.05) is 52.7 Å². The smallest absolute Gasteiger partial charge is 0.744 e. The fourth-order valence-electron chi connectivity index (χ4n) is 5.92. The molecule has 0 saturated carbocycles. The van der Waals surface area contributed by atoms with Gasteiger partial charge in [-0.3, -0.25) is 14.7 Å². The van der Waals surface area contributed by atoms with E-state index in [0.29, 0.717) is 52.2 Å². The van der Waals surface area contributed by atoms with E-state index in [0.717, 1.165) is 5.71 Å². The van der Waals surface area contributed by atoms with Crippen molar-refractivity contribution in [2.75, 3.05) is 18.0 Å². The topological polar surface area (TPSA) is 161 Å². The zero-order chi connectivity index (χ0) is 36.9. The maximum atomic E-state index is 12.6. The molecule has 0 bridgehead atoms. The van der Waals surface area contributed by atoms with E-state index < -0.39 is 30.5 Å². The fraction of sp³-hybridized carbons (Fsp3) is 0.162. The normalized spacial score (nSPS) is 13.3. The van der Waals surface area contributed by atoms with Crippen LogP contribution in [0.3, 0.4) is 0 Å². The zero-order valence-corrected chi connectivity index (χ0v) is 32.9. The van der Waals surface area contributed by atoms with Crippen molar-refractivity contribution in [3.05, 3.63) is 164 Å². The maximum Gasteiger partial charge on any atom is 1.00 e. The monoisotopic (exact) mass is 769 g/mol. The van der Waals surface area contributed by atoms with Crippen molar-refractivity contribution < 1.29 is 65.0 Å². The van der Waals surface area contributed by atoms with Gasteiger partial charge in [0.1, 0.15) is 22.0 Å². The Balaban J connectivity index is 0.00000605. The minimum atomic E-state index is -4.61. The summed E-state index contributed by atoms with van der Waals surface area (Å²) in [5, 5.41) is 10.7. The molecule has 1 aliphatic rings. The van der Waals surface area contributed by atoms with Gasteiger partial charge in [-0.15, -0.1) is 5.56 Å². The quantitative estimate of drug-likeness (QED) is 0.0562. The van der Waals surface area contributed by atoms with Crippen LogP contribution in [0.25, 0.3) is 5.57 Å². The molecule has 5 rings (SSSR count). The predicted molar refractivity (Wildman–Crippen MR) is 195 cm³/mol. The van der Waals surface area contributed by atoms with E-state index in [1.807, 2.05) is 35.8 Å². The van der Waals surface area contributed by atoms with Gasteiger partial charge >= 0.3 is 29.6 Å². The van der Waals surface area contributed by atoms with Crippen molar-refractivity contribution >= 4 is 54.5 Å². The van der Waals surface area contributed by atoms with Crippen LogP contribution in [-0.4, -0.2) is 54.2 Å². The van der Waals surface area contributed by atoms with Crippen LogP contribution in [0.2, 0.25) is 5.02 Å². The molecule has 0 saturated heterocycles. The van der Waals surface area contributed by atoms with Crippen molar-refractivity contribution in [3.8, 4) is 0 Å². The summed E-state index contributed by atoms with van der Waals surface area (Å²) >= 11 is 6.68. The van der Waals surface area contributed by atoms with Gasteiger partial charge in [-0.2, -0.15) is 38.7 Å². The van der Waals surface area contributed by atoms with Gasteiger partial charge in [0.05, 0.1) is 9.82 Å². The first-order valence-corrected chi connectivity index (χ1v) is 19.0. The third-order valence-corrected chi connectivity index (χ3v) is 10.6. The van der Waals surface area contributed by atoms with Gasteiger partial charge in [-0.05, 0) is 73.0 Å². The summed E-state index contributed by atoms with van der Waals surface area (Å²) in [6, 6.07) is 26.2. The largest absolute Gasteiger partial charge is 1.00 e. The van der Waals surface area contributed by atoms with E-state index in [4.69, 9.17) is 11.6 Å². The molecule has 0 aromatic heterocycles. The molecule has 1 atom stereocenters. The molecule has 1 N–H and O–H groups in total. The molecule has 4 aromatic carbocycles. The minimum Gasteiger partial charge on any atom is -0.744 e. The summed E-state index contributed by atoms with van der Waals surface area (Å²) in [5.41, 5.74) is 4.39. The molecule has 11 nitrogen and oxygen atoms in total. The first-order valence-electron chi connectivity index (χ1n) is 15.7. The van der Waals surface area contributed by atoms with Crippen molar-refractivity contribution in [1.29, 1.82) is 0 Å². The molecule has 0 aliphatic heterocycles. The van der Waals surface area contributed by atoms with E-state index in [-0.39, 0.29) is 51.7 Å². The standard InChI is InChI=1S/C37H34ClN3O8S2.Na/c1-3-39(25-26-9-8-12-33(23-26)50(44,45)46)30-17-13-27(14-18-30)36(34-24-32(41(42)43)21-22-35(34)38)28-15-19-31(20-16-28)40(4-2)37(51(47,48)49)29-10-6-5-7-11-29;/h5-6,8-24,37H,3-4,25H2,1-2H3,(H,44,45,46)(H,47,48,49);/q;+1/p-1. The van der Waals surface area contributed by atoms with E-state index in [9.17, 15) is 36.1 Å². The van der Waals surface area contributed by atoms with Crippen molar-refractivity contribution in [2.45, 2.75) is 30.7 Å². The molecule has 0 fully saturated rings. The Hall–Kier alpha value is -3.92. The molecule has 0 amide bonds. The minimum absolute atomic E-state index is 0.